The summed E-state index contributed by atoms with van der Waals surface area (Å²) < 4.78 is 10.7. The molecule has 0 aliphatic heterocycles. The van der Waals surface area contributed by atoms with Crippen molar-refractivity contribution in [2.45, 2.75) is 40.0 Å². The summed E-state index contributed by atoms with van der Waals surface area (Å²) >= 11 is 0. The molecule has 124 valence electrons. The van der Waals surface area contributed by atoms with Crippen molar-refractivity contribution >= 4 is 5.91 Å². The molecule has 0 aliphatic rings. The minimum absolute atomic E-state index is 0.0573. The zero-order valence-corrected chi connectivity index (χ0v) is 14.2. The second-order valence-corrected chi connectivity index (χ2v) is 5.90. The van der Waals surface area contributed by atoms with Crippen LogP contribution in [0.4, 0.5) is 0 Å². The predicted molar refractivity (Wildman–Crippen MR) is 88.7 cm³/mol. The normalized spacial score (nSPS) is 10.8. The molecule has 0 radical (unpaired) electrons. The van der Waals surface area contributed by atoms with Crippen molar-refractivity contribution in [2.24, 2.45) is 0 Å². The monoisotopic (exact) mass is 316 g/mol. The third kappa shape index (κ3) is 4.84. The molecule has 1 N–H and O–H groups in total. The van der Waals surface area contributed by atoms with Crippen molar-refractivity contribution in [1.82, 2.24) is 10.5 Å². The van der Waals surface area contributed by atoms with Gasteiger partial charge in [-0.3, -0.25) is 4.79 Å². The molecule has 1 aromatic carbocycles. The Balaban J connectivity index is 1.71. The quantitative estimate of drug-likeness (QED) is 0.797. The van der Waals surface area contributed by atoms with E-state index in [9.17, 15) is 4.79 Å². The fourth-order valence-electron chi connectivity index (χ4n) is 2.29. The zero-order valence-electron chi connectivity index (χ0n) is 14.2. The average Bonchev–Trinajstić information content (AvgIpc) is 2.84. The summed E-state index contributed by atoms with van der Waals surface area (Å²) in [6.07, 6.45) is 0.282. The van der Waals surface area contributed by atoms with E-state index in [1.54, 1.807) is 0 Å². The van der Waals surface area contributed by atoms with Gasteiger partial charge in [-0.15, -0.1) is 0 Å². The molecule has 0 atom stereocenters. The number of nitrogens with zero attached hydrogens (tertiary/aromatic N) is 1. The van der Waals surface area contributed by atoms with Gasteiger partial charge in [-0.2, -0.15) is 0 Å². The van der Waals surface area contributed by atoms with E-state index in [2.05, 4.69) is 36.5 Å². The van der Waals surface area contributed by atoms with Gasteiger partial charge >= 0.3 is 0 Å². The Hall–Kier alpha value is -2.30. The highest BCUT2D eigenvalue weighted by Gasteiger charge is 2.12. The van der Waals surface area contributed by atoms with E-state index in [0.29, 0.717) is 24.8 Å². The van der Waals surface area contributed by atoms with E-state index < -0.39 is 0 Å². The summed E-state index contributed by atoms with van der Waals surface area (Å²) in [5, 5.41) is 6.69. The van der Waals surface area contributed by atoms with Gasteiger partial charge in [0.15, 0.2) is 0 Å². The van der Waals surface area contributed by atoms with Crippen molar-refractivity contribution in [3.05, 3.63) is 46.8 Å². The van der Waals surface area contributed by atoms with Gasteiger partial charge in [0.2, 0.25) is 5.91 Å². The third-order valence-corrected chi connectivity index (χ3v) is 3.76. The Morgan fingerprint density at radius 1 is 1.26 bits per heavy atom. The van der Waals surface area contributed by atoms with Crippen LogP contribution in [0.25, 0.3) is 0 Å². The van der Waals surface area contributed by atoms with E-state index in [4.69, 9.17) is 9.26 Å². The van der Waals surface area contributed by atoms with Crippen LogP contribution in [0.2, 0.25) is 0 Å². The van der Waals surface area contributed by atoms with Crippen molar-refractivity contribution in [3.8, 4) is 5.75 Å². The molecule has 0 saturated carbocycles. The molecule has 23 heavy (non-hydrogen) atoms. The summed E-state index contributed by atoms with van der Waals surface area (Å²) in [7, 11) is 0. The van der Waals surface area contributed by atoms with Crippen molar-refractivity contribution in [3.63, 3.8) is 0 Å². The van der Waals surface area contributed by atoms with Crippen LogP contribution in [0.15, 0.2) is 28.8 Å². The van der Waals surface area contributed by atoms with Crippen LogP contribution in [0.5, 0.6) is 5.75 Å². The largest absolute Gasteiger partial charge is 0.492 e. The van der Waals surface area contributed by atoms with E-state index in [-0.39, 0.29) is 12.3 Å². The number of benzene rings is 1. The molecule has 0 saturated heterocycles. The first kappa shape index (κ1) is 17.1. The van der Waals surface area contributed by atoms with Gasteiger partial charge in [-0.25, -0.2) is 0 Å². The fraction of sp³-hybridized carbons (Fsp3) is 0.444. The van der Waals surface area contributed by atoms with Crippen LogP contribution in [0.3, 0.4) is 0 Å². The number of amides is 1. The molecule has 5 nitrogen and oxygen atoms in total. The highest BCUT2D eigenvalue weighted by Crippen LogP contribution is 2.18. The number of carbonyl (C=O) groups is 1. The topological polar surface area (TPSA) is 64.4 Å². The molecule has 0 fully saturated rings. The maximum absolute atomic E-state index is 11.9. The molecule has 0 unspecified atom stereocenters. The van der Waals surface area contributed by atoms with Gasteiger partial charge in [0.1, 0.15) is 18.1 Å². The lowest BCUT2D eigenvalue weighted by Gasteiger charge is -2.09. The van der Waals surface area contributed by atoms with Crippen LogP contribution in [0.1, 0.15) is 42.3 Å². The van der Waals surface area contributed by atoms with Crippen LogP contribution in [-0.4, -0.2) is 24.2 Å². The number of rotatable bonds is 7. The van der Waals surface area contributed by atoms with E-state index in [1.807, 2.05) is 26.0 Å². The minimum Gasteiger partial charge on any atom is -0.492 e. The van der Waals surface area contributed by atoms with Crippen molar-refractivity contribution in [2.75, 3.05) is 13.2 Å². The second-order valence-electron chi connectivity index (χ2n) is 5.90. The molecule has 0 aliphatic carbocycles. The molecule has 2 aromatic rings. The van der Waals surface area contributed by atoms with Gasteiger partial charge in [0.05, 0.1) is 18.7 Å². The summed E-state index contributed by atoms with van der Waals surface area (Å²) in [5.41, 5.74) is 2.90. The van der Waals surface area contributed by atoms with Crippen LogP contribution >= 0.6 is 0 Å². The Kier molecular flexibility index (Phi) is 5.79. The maximum atomic E-state index is 11.9. The second kappa shape index (κ2) is 7.81. The molecule has 0 spiro atoms. The highest BCUT2D eigenvalue weighted by molar-refractivity contribution is 5.78. The summed E-state index contributed by atoms with van der Waals surface area (Å²) in [4.78, 5) is 11.9. The van der Waals surface area contributed by atoms with E-state index in [0.717, 1.165) is 17.0 Å². The van der Waals surface area contributed by atoms with Gasteiger partial charge in [0.25, 0.3) is 0 Å². The SMILES string of the molecule is Cc1noc(C)c1CC(=O)NCCOc1ccc(C(C)C)cc1. The number of nitrogens with one attached hydrogen (secondary N) is 1. The highest BCUT2D eigenvalue weighted by atomic mass is 16.5. The lowest BCUT2D eigenvalue weighted by Crippen LogP contribution is -2.29. The lowest BCUT2D eigenvalue weighted by molar-refractivity contribution is -0.120. The average molecular weight is 316 g/mol. The standard InChI is InChI=1S/C18H24N2O3/c1-12(2)15-5-7-16(8-6-15)22-10-9-19-18(21)11-17-13(3)20-23-14(17)4/h5-8,12H,9-11H2,1-4H3,(H,19,21). The number of carbonyl (C=O) groups excluding carboxylic acids is 1. The molecule has 1 amide bonds. The first-order chi connectivity index (χ1) is 11.0. The molecule has 2 rings (SSSR count). The van der Waals surface area contributed by atoms with Crippen LogP contribution in [0, 0.1) is 13.8 Å². The third-order valence-electron chi connectivity index (χ3n) is 3.76. The molecule has 0 bridgehead atoms. The number of aromatic nitrogens is 1. The number of hydrogen-bond donors (Lipinski definition) is 1. The molecule has 1 heterocycles. The van der Waals surface area contributed by atoms with Crippen LogP contribution in [-0.2, 0) is 11.2 Å². The summed E-state index contributed by atoms with van der Waals surface area (Å²) in [6.45, 7) is 8.87. The molecular formula is C18H24N2O3. The number of aryl methyl sites for hydroxylation is 2. The predicted octanol–water partition coefficient (Wildman–Crippen LogP) is 3.15. The number of ether oxygens (including phenoxy) is 1. The molecular weight excluding hydrogens is 292 g/mol. The Bertz CT molecular complexity index is 625. The van der Waals surface area contributed by atoms with E-state index in [1.165, 1.54) is 5.56 Å². The lowest BCUT2D eigenvalue weighted by atomic mass is 10.0. The first-order valence-corrected chi connectivity index (χ1v) is 7.88. The van der Waals surface area contributed by atoms with Gasteiger partial charge < -0.3 is 14.6 Å². The first-order valence-electron chi connectivity index (χ1n) is 7.88. The van der Waals surface area contributed by atoms with Crippen LogP contribution < -0.4 is 10.1 Å². The Morgan fingerprint density at radius 3 is 2.52 bits per heavy atom. The maximum Gasteiger partial charge on any atom is 0.224 e. The Labute approximate surface area is 137 Å². The van der Waals surface area contributed by atoms with Gasteiger partial charge in [-0.05, 0) is 37.5 Å². The summed E-state index contributed by atoms with van der Waals surface area (Å²) in [6, 6.07) is 8.05. The fourth-order valence-corrected chi connectivity index (χ4v) is 2.29. The zero-order chi connectivity index (χ0) is 16.8. The van der Waals surface area contributed by atoms with Crippen molar-refractivity contribution in [1.29, 1.82) is 0 Å². The minimum atomic E-state index is -0.0573. The molecule has 1 aromatic heterocycles. The van der Waals surface area contributed by atoms with E-state index >= 15 is 0 Å². The summed E-state index contributed by atoms with van der Waals surface area (Å²) in [5.74, 6) is 1.96. The van der Waals surface area contributed by atoms with Crippen molar-refractivity contribution < 1.29 is 14.1 Å². The van der Waals surface area contributed by atoms with Gasteiger partial charge in [-0.1, -0.05) is 31.1 Å². The smallest absolute Gasteiger partial charge is 0.224 e. The van der Waals surface area contributed by atoms with Gasteiger partial charge in [0, 0.05) is 5.56 Å². The number of hydrogen-bond acceptors (Lipinski definition) is 4. The molecule has 5 heteroatoms. The Morgan fingerprint density at radius 2 is 1.96 bits per heavy atom.